The SMILES string of the molecule is CC(C)(C)OC(=O)N1CCN(n2c([C@@H](Nc3nc(N)nc(N)c3C#N)C3CC3)nc3cccc(Cl)c3c2=O)CC1. The quantitative estimate of drug-likeness (QED) is 0.413. The first kappa shape index (κ1) is 27.3. The molecule has 1 aliphatic heterocycles. The van der Waals surface area contributed by atoms with Gasteiger partial charge in [0.2, 0.25) is 5.95 Å². The highest BCUT2D eigenvalue weighted by Crippen LogP contribution is 2.43. The lowest BCUT2D eigenvalue weighted by atomic mass is 10.1. The van der Waals surface area contributed by atoms with Crippen LogP contribution in [0.5, 0.6) is 0 Å². The Bertz CT molecular complexity index is 1570. The van der Waals surface area contributed by atoms with Gasteiger partial charge in [-0.05, 0) is 51.7 Å². The number of fused-ring (bicyclic) bond motifs is 1. The van der Waals surface area contributed by atoms with Crippen LogP contribution in [0.1, 0.15) is 51.0 Å². The van der Waals surface area contributed by atoms with Crippen LogP contribution in [0, 0.1) is 17.2 Å². The van der Waals surface area contributed by atoms with Gasteiger partial charge in [0.05, 0.1) is 35.1 Å². The Morgan fingerprint density at radius 2 is 1.88 bits per heavy atom. The molecule has 3 heterocycles. The first-order valence-electron chi connectivity index (χ1n) is 13.0. The number of rotatable bonds is 5. The average molecular weight is 567 g/mol. The van der Waals surface area contributed by atoms with E-state index in [0.717, 1.165) is 12.8 Å². The minimum atomic E-state index is -0.615. The molecule has 3 aromatic rings. The fourth-order valence-corrected chi connectivity index (χ4v) is 5.01. The van der Waals surface area contributed by atoms with Crippen LogP contribution in [0.4, 0.5) is 22.4 Å². The molecule has 210 valence electrons. The normalized spacial score (nSPS) is 16.5. The highest BCUT2D eigenvalue weighted by molar-refractivity contribution is 6.35. The minimum Gasteiger partial charge on any atom is -0.444 e. The van der Waals surface area contributed by atoms with Gasteiger partial charge in [-0.3, -0.25) is 4.79 Å². The number of nitrogens with two attached hydrogens (primary N) is 2. The maximum atomic E-state index is 14.0. The third-order valence-corrected chi connectivity index (χ3v) is 7.09. The second-order valence-electron chi connectivity index (χ2n) is 10.9. The van der Waals surface area contributed by atoms with E-state index in [4.69, 9.17) is 32.8 Å². The lowest BCUT2D eigenvalue weighted by molar-refractivity contribution is 0.0231. The standard InChI is InChI=1S/C26H31ClN10O3/c1-26(2,3)40-25(39)35-9-11-36(12-10-35)37-22(31-17-6-4-5-16(27)18(17)23(37)38)19(14-7-8-14)32-21-15(13-28)20(29)33-24(30)34-21/h4-6,14,19H,7-12H2,1-3H3,(H5,29,30,32,33,34)/t19-/m0/s1. The monoisotopic (exact) mass is 566 g/mol. The van der Waals surface area contributed by atoms with Crippen LogP contribution in [0.3, 0.4) is 0 Å². The molecule has 2 fully saturated rings. The zero-order chi connectivity index (χ0) is 28.8. The molecule has 0 bridgehead atoms. The van der Waals surface area contributed by atoms with Gasteiger partial charge in [0.15, 0.2) is 11.6 Å². The molecule has 1 amide bonds. The van der Waals surface area contributed by atoms with Crippen molar-refractivity contribution in [3.8, 4) is 6.07 Å². The number of anilines is 3. The molecule has 0 unspecified atom stereocenters. The second-order valence-corrected chi connectivity index (χ2v) is 11.3. The Balaban J connectivity index is 1.57. The van der Waals surface area contributed by atoms with Crippen molar-refractivity contribution in [2.24, 2.45) is 5.92 Å². The molecule has 13 nitrogen and oxygen atoms in total. The van der Waals surface area contributed by atoms with E-state index in [1.165, 1.54) is 4.68 Å². The largest absolute Gasteiger partial charge is 0.444 e. The molecule has 2 aliphatic rings. The molecule has 1 aromatic carbocycles. The molecule has 1 atom stereocenters. The van der Waals surface area contributed by atoms with E-state index in [9.17, 15) is 14.9 Å². The summed E-state index contributed by atoms with van der Waals surface area (Å²) in [4.78, 5) is 41.4. The lowest BCUT2D eigenvalue weighted by Crippen LogP contribution is -2.57. The van der Waals surface area contributed by atoms with Crippen molar-refractivity contribution in [1.29, 1.82) is 5.26 Å². The van der Waals surface area contributed by atoms with Crippen LogP contribution in [-0.4, -0.2) is 62.4 Å². The molecule has 1 saturated carbocycles. The zero-order valence-electron chi connectivity index (χ0n) is 22.5. The van der Waals surface area contributed by atoms with Crippen LogP contribution in [0.15, 0.2) is 23.0 Å². The molecule has 1 aliphatic carbocycles. The number of nitriles is 1. The second kappa shape index (κ2) is 10.3. The lowest BCUT2D eigenvalue weighted by Gasteiger charge is -2.38. The highest BCUT2D eigenvalue weighted by atomic mass is 35.5. The Kier molecular flexibility index (Phi) is 7.05. The molecule has 0 radical (unpaired) electrons. The van der Waals surface area contributed by atoms with Crippen LogP contribution in [-0.2, 0) is 4.74 Å². The van der Waals surface area contributed by atoms with Gasteiger partial charge in [-0.15, -0.1) is 0 Å². The summed E-state index contributed by atoms with van der Waals surface area (Å²) < 4.78 is 7.06. The molecular weight excluding hydrogens is 536 g/mol. The molecule has 2 aromatic heterocycles. The summed E-state index contributed by atoms with van der Waals surface area (Å²) in [7, 11) is 0. The molecule has 40 heavy (non-hydrogen) atoms. The number of hydrogen-bond donors (Lipinski definition) is 3. The molecule has 14 heteroatoms. The van der Waals surface area contributed by atoms with Crippen LogP contribution < -0.4 is 27.4 Å². The fourth-order valence-electron chi connectivity index (χ4n) is 4.76. The van der Waals surface area contributed by atoms with Gasteiger partial charge in [-0.2, -0.15) is 15.2 Å². The number of halogens is 1. The Morgan fingerprint density at radius 3 is 2.50 bits per heavy atom. The van der Waals surface area contributed by atoms with E-state index in [1.807, 2.05) is 31.8 Å². The van der Waals surface area contributed by atoms with E-state index < -0.39 is 17.7 Å². The number of carbonyl (C=O) groups excluding carboxylic acids is 1. The summed E-state index contributed by atoms with van der Waals surface area (Å²) in [5.74, 6) is 0.601. The molecule has 5 N–H and O–H groups in total. The summed E-state index contributed by atoms with van der Waals surface area (Å²) in [6.45, 7) is 6.87. The van der Waals surface area contributed by atoms with Crippen molar-refractivity contribution < 1.29 is 9.53 Å². The van der Waals surface area contributed by atoms with Gasteiger partial charge in [0.25, 0.3) is 5.56 Å². The maximum Gasteiger partial charge on any atom is 0.410 e. The molecule has 0 spiro atoms. The van der Waals surface area contributed by atoms with Gasteiger partial charge >= 0.3 is 6.09 Å². The van der Waals surface area contributed by atoms with E-state index in [1.54, 1.807) is 23.1 Å². The number of nitrogens with zero attached hydrogens (tertiary/aromatic N) is 7. The van der Waals surface area contributed by atoms with Gasteiger partial charge in [-0.25, -0.2) is 14.5 Å². The van der Waals surface area contributed by atoms with E-state index in [-0.39, 0.29) is 34.6 Å². The van der Waals surface area contributed by atoms with E-state index in [2.05, 4.69) is 15.3 Å². The number of hydrogen-bond acceptors (Lipinski definition) is 11. The van der Waals surface area contributed by atoms with Gasteiger partial charge in [0, 0.05) is 13.1 Å². The highest BCUT2D eigenvalue weighted by Gasteiger charge is 2.38. The topological polar surface area (TPSA) is 181 Å². The predicted molar refractivity (Wildman–Crippen MR) is 151 cm³/mol. The Labute approximate surface area is 235 Å². The smallest absolute Gasteiger partial charge is 0.410 e. The zero-order valence-corrected chi connectivity index (χ0v) is 23.3. The van der Waals surface area contributed by atoms with E-state index >= 15 is 0 Å². The van der Waals surface area contributed by atoms with Crippen molar-refractivity contribution in [2.45, 2.75) is 45.3 Å². The number of piperazine rings is 1. The number of aromatic nitrogens is 4. The van der Waals surface area contributed by atoms with Crippen molar-refractivity contribution in [1.82, 2.24) is 24.5 Å². The number of ether oxygens (including phenoxy) is 1. The summed E-state index contributed by atoms with van der Waals surface area (Å²) in [6.07, 6.45) is 1.36. The van der Waals surface area contributed by atoms with Crippen molar-refractivity contribution in [3.63, 3.8) is 0 Å². The molecular formula is C26H31ClN10O3. The number of nitrogens with one attached hydrogen (secondary N) is 1. The third-order valence-electron chi connectivity index (χ3n) is 6.77. The summed E-state index contributed by atoms with van der Waals surface area (Å²) in [6, 6.07) is 6.66. The van der Waals surface area contributed by atoms with Crippen LogP contribution in [0.25, 0.3) is 10.9 Å². The summed E-state index contributed by atoms with van der Waals surface area (Å²) >= 11 is 6.47. The summed E-state index contributed by atoms with van der Waals surface area (Å²) in [5, 5.41) is 15.5. The first-order chi connectivity index (χ1) is 19.0. The molecule has 1 saturated heterocycles. The van der Waals surface area contributed by atoms with Crippen molar-refractivity contribution >= 4 is 46.2 Å². The minimum absolute atomic E-state index is 0.0408. The Morgan fingerprint density at radius 1 is 1.18 bits per heavy atom. The van der Waals surface area contributed by atoms with Gasteiger partial charge < -0.3 is 31.4 Å². The van der Waals surface area contributed by atoms with Crippen molar-refractivity contribution in [2.75, 3.05) is 48.0 Å². The third kappa shape index (κ3) is 5.40. The van der Waals surface area contributed by atoms with Crippen LogP contribution in [0.2, 0.25) is 5.02 Å². The fraction of sp³-hybridized carbons (Fsp3) is 0.462. The van der Waals surface area contributed by atoms with Gasteiger partial charge in [0.1, 0.15) is 23.1 Å². The van der Waals surface area contributed by atoms with Gasteiger partial charge in [-0.1, -0.05) is 17.7 Å². The van der Waals surface area contributed by atoms with Crippen LogP contribution >= 0.6 is 11.6 Å². The molecule has 5 rings (SSSR count). The summed E-state index contributed by atoms with van der Waals surface area (Å²) in [5.41, 5.74) is 11.4. The number of carbonyl (C=O) groups is 1. The number of amides is 1. The van der Waals surface area contributed by atoms with E-state index in [0.29, 0.717) is 47.9 Å². The number of benzene rings is 1. The van der Waals surface area contributed by atoms with Crippen molar-refractivity contribution in [3.05, 3.63) is 45.0 Å². The average Bonchev–Trinajstić information content (AvgIpc) is 3.71. The predicted octanol–water partition coefficient (Wildman–Crippen LogP) is 2.63. The first-order valence-corrected chi connectivity index (χ1v) is 13.4. The Hall–Kier alpha value is -4.31. The maximum absolute atomic E-state index is 14.0. The number of nitrogen functional groups attached to an aromatic ring is 2.